The number of benzene rings is 2. The van der Waals surface area contributed by atoms with E-state index in [-0.39, 0.29) is 0 Å². The lowest BCUT2D eigenvalue weighted by Gasteiger charge is -2.29. The van der Waals surface area contributed by atoms with Crippen molar-refractivity contribution in [2.45, 2.75) is 43.9 Å². The van der Waals surface area contributed by atoms with Crippen LogP contribution < -0.4 is 0 Å². The number of hydrogen-bond donors (Lipinski definition) is 1. The maximum absolute atomic E-state index is 12.8. The second-order valence-corrected chi connectivity index (χ2v) is 6.57. The van der Waals surface area contributed by atoms with Gasteiger partial charge in [-0.3, -0.25) is 0 Å². The van der Waals surface area contributed by atoms with Gasteiger partial charge in [-0.15, -0.1) is 0 Å². The van der Waals surface area contributed by atoms with Crippen LogP contribution >= 0.6 is 0 Å². The fourth-order valence-electron chi connectivity index (χ4n) is 3.38. The first kappa shape index (κ1) is 17.7. The van der Waals surface area contributed by atoms with Gasteiger partial charge in [-0.25, -0.2) is 0 Å². The van der Waals surface area contributed by atoms with Crippen LogP contribution in [0.5, 0.6) is 0 Å². The Balaban J connectivity index is 2.05. The Morgan fingerprint density at radius 2 is 1.24 bits per heavy atom. The third-order valence-corrected chi connectivity index (χ3v) is 4.78. The van der Waals surface area contributed by atoms with Gasteiger partial charge < -0.3 is 5.11 Å². The molecule has 0 heterocycles. The molecule has 0 spiro atoms. The van der Waals surface area contributed by atoms with Crippen molar-refractivity contribution in [1.29, 1.82) is 0 Å². The maximum Gasteiger partial charge on any atom is 0.416 e. The first-order chi connectivity index (χ1) is 11.9. The second kappa shape index (κ2) is 7.04. The van der Waals surface area contributed by atoms with Crippen LogP contribution in [0.15, 0.2) is 66.2 Å². The number of rotatable bonds is 3. The van der Waals surface area contributed by atoms with E-state index in [1.807, 2.05) is 24.3 Å². The number of alkyl halides is 3. The summed E-state index contributed by atoms with van der Waals surface area (Å²) in [6.07, 6.45) is 2.66. The van der Waals surface area contributed by atoms with Crippen molar-refractivity contribution in [2.75, 3.05) is 0 Å². The molecule has 1 nitrogen and oxygen atoms in total. The molecule has 0 aromatic heterocycles. The molecule has 132 valence electrons. The summed E-state index contributed by atoms with van der Waals surface area (Å²) in [5.41, 5.74) is 0.144. The van der Waals surface area contributed by atoms with E-state index in [0.717, 1.165) is 43.4 Å². The van der Waals surface area contributed by atoms with Crippen LogP contribution in [0.25, 0.3) is 0 Å². The highest BCUT2D eigenvalue weighted by molar-refractivity contribution is 5.43. The summed E-state index contributed by atoms with van der Waals surface area (Å²) < 4.78 is 38.5. The zero-order chi connectivity index (χ0) is 17.9. The molecule has 1 aliphatic rings. The fourth-order valence-corrected chi connectivity index (χ4v) is 3.38. The highest BCUT2D eigenvalue weighted by atomic mass is 19.4. The SMILES string of the molecule is OC(C=C1CCCCC1)(c1ccccc1)c1ccc(C(F)(F)F)cc1. The normalized spacial score (nSPS) is 17.8. The molecule has 1 aliphatic carbocycles. The molecule has 1 N–H and O–H groups in total. The van der Waals surface area contributed by atoms with Gasteiger partial charge in [-0.05, 0) is 55.0 Å². The molecular formula is C21H21F3O. The lowest BCUT2D eigenvalue weighted by atomic mass is 9.82. The molecule has 0 saturated heterocycles. The first-order valence-electron chi connectivity index (χ1n) is 8.56. The van der Waals surface area contributed by atoms with Crippen molar-refractivity contribution >= 4 is 0 Å². The molecular weight excluding hydrogens is 325 g/mol. The molecule has 0 radical (unpaired) electrons. The van der Waals surface area contributed by atoms with E-state index in [2.05, 4.69) is 0 Å². The molecule has 0 bridgehead atoms. The molecule has 1 atom stereocenters. The van der Waals surface area contributed by atoms with Gasteiger partial charge in [-0.2, -0.15) is 13.2 Å². The topological polar surface area (TPSA) is 20.2 Å². The van der Waals surface area contributed by atoms with E-state index in [1.54, 1.807) is 12.1 Å². The monoisotopic (exact) mass is 346 g/mol. The average Bonchev–Trinajstić information content (AvgIpc) is 2.62. The Bertz CT molecular complexity index is 724. The quantitative estimate of drug-likeness (QED) is 0.693. The van der Waals surface area contributed by atoms with Gasteiger partial charge in [0.25, 0.3) is 0 Å². The summed E-state index contributed by atoms with van der Waals surface area (Å²) in [4.78, 5) is 0. The highest BCUT2D eigenvalue weighted by Crippen LogP contribution is 2.37. The standard InChI is InChI=1S/C21H21F3O/c22-21(23,24)19-13-11-18(12-14-19)20(25,17-9-5-2-6-10-17)15-16-7-3-1-4-8-16/h2,5-6,9-15,25H,1,3-4,7-8H2. The van der Waals surface area contributed by atoms with Crippen LogP contribution in [0.2, 0.25) is 0 Å². The molecule has 3 rings (SSSR count). The van der Waals surface area contributed by atoms with Gasteiger partial charge in [0, 0.05) is 0 Å². The Hall–Kier alpha value is -2.07. The van der Waals surface area contributed by atoms with Gasteiger partial charge in [-0.1, -0.05) is 54.5 Å². The number of hydrogen-bond acceptors (Lipinski definition) is 1. The van der Waals surface area contributed by atoms with E-state index in [0.29, 0.717) is 11.1 Å². The summed E-state index contributed by atoms with van der Waals surface area (Å²) >= 11 is 0. The lowest BCUT2D eigenvalue weighted by molar-refractivity contribution is -0.137. The van der Waals surface area contributed by atoms with E-state index in [1.165, 1.54) is 18.6 Å². The van der Waals surface area contributed by atoms with Gasteiger partial charge in [0.05, 0.1) is 5.56 Å². The third kappa shape index (κ3) is 3.96. The summed E-state index contributed by atoms with van der Waals surface area (Å²) in [5.74, 6) is 0. The van der Waals surface area contributed by atoms with Crippen LogP contribution in [0.4, 0.5) is 13.2 Å². The largest absolute Gasteiger partial charge is 0.416 e. The zero-order valence-electron chi connectivity index (χ0n) is 13.9. The Morgan fingerprint density at radius 1 is 0.720 bits per heavy atom. The van der Waals surface area contributed by atoms with Crippen molar-refractivity contribution in [2.24, 2.45) is 0 Å². The second-order valence-electron chi connectivity index (χ2n) is 6.57. The lowest BCUT2D eigenvalue weighted by Crippen LogP contribution is -2.26. The molecule has 25 heavy (non-hydrogen) atoms. The summed E-state index contributed by atoms with van der Waals surface area (Å²) in [6.45, 7) is 0. The Kier molecular flexibility index (Phi) is 5.00. The van der Waals surface area contributed by atoms with Crippen LogP contribution in [-0.4, -0.2) is 5.11 Å². The minimum absolute atomic E-state index is 0.449. The van der Waals surface area contributed by atoms with E-state index >= 15 is 0 Å². The Labute approximate surface area is 145 Å². The van der Waals surface area contributed by atoms with Crippen molar-refractivity contribution < 1.29 is 18.3 Å². The molecule has 0 amide bonds. The maximum atomic E-state index is 12.8. The molecule has 1 fully saturated rings. The zero-order valence-corrected chi connectivity index (χ0v) is 13.9. The third-order valence-electron chi connectivity index (χ3n) is 4.78. The molecule has 1 saturated carbocycles. The Morgan fingerprint density at radius 3 is 1.80 bits per heavy atom. The molecule has 1 unspecified atom stereocenters. The molecule has 2 aromatic carbocycles. The van der Waals surface area contributed by atoms with Gasteiger partial charge in [0.1, 0.15) is 5.60 Å². The van der Waals surface area contributed by atoms with Crippen molar-refractivity contribution in [1.82, 2.24) is 0 Å². The van der Waals surface area contributed by atoms with Crippen molar-refractivity contribution in [3.63, 3.8) is 0 Å². The predicted molar refractivity (Wildman–Crippen MR) is 92.1 cm³/mol. The van der Waals surface area contributed by atoms with Crippen LogP contribution in [0, 0.1) is 0 Å². The number of allylic oxidation sites excluding steroid dienone is 1. The van der Waals surface area contributed by atoms with Crippen LogP contribution in [0.3, 0.4) is 0 Å². The smallest absolute Gasteiger partial charge is 0.377 e. The first-order valence-corrected chi connectivity index (χ1v) is 8.56. The molecule has 2 aromatic rings. The molecule has 0 aliphatic heterocycles. The number of aliphatic hydroxyl groups is 1. The van der Waals surface area contributed by atoms with E-state index in [4.69, 9.17) is 0 Å². The average molecular weight is 346 g/mol. The minimum atomic E-state index is -4.38. The molecule has 4 heteroatoms. The summed E-state index contributed by atoms with van der Waals surface area (Å²) in [5, 5.41) is 11.4. The van der Waals surface area contributed by atoms with Crippen LogP contribution in [-0.2, 0) is 11.8 Å². The fraction of sp³-hybridized carbons (Fsp3) is 0.333. The van der Waals surface area contributed by atoms with Gasteiger partial charge in [0.2, 0.25) is 0 Å². The van der Waals surface area contributed by atoms with Gasteiger partial charge in [0.15, 0.2) is 0 Å². The van der Waals surface area contributed by atoms with E-state index in [9.17, 15) is 18.3 Å². The summed E-state index contributed by atoms with van der Waals surface area (Å²) in [6, 6.07) is 13.9. The van der Waals surface area contributed by atoms with Crippen molar-refractivity contribution in [3.05, 3.63) is 82.9 Å². The van der Waals surface area contributed by atoms with Gasteiger partial charge >= 0.3 is 6.18 Å². The minimum Gasteiger partial charge on any atom is -0.377 e. The summed E-state index contributed by atoms with van der Waals surface area (Å²) in [7, 11) is 0. The number of halogens is 3. The van der Waals surface area contributed by atoms with E-state index < -0.39 is 17.3 Å². The van der Waals surface area contributed by atoms with Crippen molar-refractivity contribution in [3.8, 4) is 0 Å². The predicted octanol–water partition coefficient (Wildman–Crippen LogP) is 5.83. The highest BCUT2D eigenvalue weighted by Gasteiger charge is 2.33. The van der Waals surface area contributed by atoms with Crippen LogP contribution in [0.1, 0.15) is 48.8 Å².